The zero-order chi connectivity index (χ0) is 18.9. The van der Waals surface area contributed by atoms with E-state index in [1.54, 1.807) is 24.3 Å². The normalized spacial score (nSPS) is 26.3. The largest absolute Gasteiger partial charge is 0.480 e. The minimum absolute atomic E-state index is 0.134. The van der Waals surface area contributed by atoms with Crippen LogP contribution >= 0.6 is 0 Å². The van der Waals surface area contributed by atoms with E-state index < -0.39 is 22.0 Å². The molecular formula is C18H24N2O5S. The molecule has 1 aliphatic carbocycles. The fourth-order valence-electron chi connectivity index (χ4n) is 4.21. The van der Waals surface area contributed by atoms with Crippen LogP contribution in [0.2, 0.25) is 0 Å². The number of sulfonamides is 1. The number of carboxylic acids is 1. The van der Waals surface area contributed by atoms with E-state index in [2.05, 4.69) is 5.32 Å². The summed E-state index contributed by atoms with van der Waals surface area (Å²) < 4.78 is 27.3. The van der Waals surface area contributed by atoms with Crippen LogP contribution in [-0.4, -0.2) is 48.8 Å². The second kappa shape index (κ2) is 7.36. The number of carbonyl (C=O) groups excluding carboxylic acids is 1. The molecule has 2 fully saturated rings. The van der Waals surface area contributed by atoms with Crippen molar-refractivity contribution in [2.45, 2.75) is 49.9 Å². The number of hydrogen-bond donors (Lipinski definition) is 2. The van der Waals surface area contributed by atoms with Crippen molar-refractivity contribution in [3.05, 3.63) is 35.4 Å². The highest BCUT2D eigenvalue weighted by molar-refractivity contribution is 7.88. The average Bonchev–Trinajstić information content (AvgIpc) is 3.02. The van der Waals surface area contributed by atoms with Gasteiger partial charge in [0, 0.05) is 18.7 Å². The number of amides is 1. The molecule has 0 aromatic heterocycles. The van der Waals surface area contributed by atoms with Crippen molar-refractivity contribution in [1.82, 2.24) is 9.62 Å². The molecule has 1 saturated heterocycles. The summed E-state index contributed by atoms with van der Waals surface area (Å²) in [4.78, 5) is 23.2. The fraction of sp³-hybridized carbons (Fsp3) is 0.556. The van der Waals surface area contributed by atoms with E-state index in [0.717, 1.165) is 25.7 Å². The summed E-state index contributed by atoms with van der Waals surface area (Å²) in [7, 11) is -2.24. The predicted octanol–water partition coefficient (Wildman–Crippen LogP) is 1.59. The first-order valence-electron chi connectivity index (χ1n) is 8.88. The Labute approximate surface area is 153 Å². The first-order chi connectivity index (χ1) is 12.3. The molecule has 3 atom stereocenters. The number of nitrogens with one attached hydrogen (secondary N) is 1. The summed E-state index contributed by atoms with van der Waals surface area (Å²) in [5, 5.41) is 12.0. The van der Waals surface area contributed by atoms with Gasteiger partial charge in [0.25, 0.3) is 5.91 Å². The second-order valence-corrected chi connectivity index (χ2v) is 8.94. The van der Waals surface area contributed by atoms with E-state index in [9.17, 15) is 23.1 Å². The highest BCUT2D eigenvalue weighted by atomic mass is 32.2. The highest BCUT2D eigenvalue weighted by Crippen LogP contribution is 2.41. The maximum atomic E-state index is 13.0. The van der Waals surface area contributed by atoms with Gasteiger partial charge < -0.3 is 10.4 Å². The number of benzene rings is 1. The Morgan fingerprint density at radius 2 is 1.85 bits per heavy atom. The Balaban J connectivity index is 1.83. The van der Waals surface area contributed by atoms with Gasteiger partial charge in [-0.1, -0.05) is 25.0 Å². The highest BCUT2D eigenvalue weighted by Gasteiger charge is 2.50. The number of nitrogens with zero attached hydrogens (tertiary/aromatic N) is 1. The third-order valence-corrected chi connectivity index (χ3v) is 7.29. The minimum Gasteiger partial charge on any atom is -0.480 e. The molecule has 3 rings (SSSR count). The van der Waals surface area contributed by atoms with E-state index in [1.165, 1.54) is 11.4 Å². The van der Waals surface area contributed by atoms with Crippen molar-refractivity contribution < 1.29 is 23.1 Å². The number of carboxylic acid groups (broad SMARTS) is 1. The van der Waals surface area contributed by atoms with E-state index in [4.69, 9.17) is 0 Å². The monoisotopic (exact) mass is 380 g/mol. The van der Waals surface area contributed by atoms with Crippen LogP contribution in [0, 0.1) is 5.92 Å². The lowest BCUT2D eigenvalue weighted by molar-refractivity contribution is -0.141. The lowest BCUT2D eigenvalue weighted by Gasteiger charge is -2.32. The zero-order valence-electron chi connectivity index (χ0n) is 14.7. The standard InChI is InChI=1S/C18H24N2O5S/c1-19-17(21)13-8-6-12(7-9-13)11-26(24,25)20-15-5-3-2-4-14(15)10-16(20)18(22)23/h6-9,14-16H,2-5,10-11H2,1H3,(H,19,21)(H,22,23). The first-order valence-corrected chi connectivity index (χ1v) is 10.5. The molecule has 2 N–H and O–H groups in total. The van der Waals surface area contributed by atoms with Crippen LogP contribution in [-0.2, 0) is 20.6 Å². The number of aliphatic carboxylic acids is 1. The van der Waals surface area contributed by atoms with E-state index in [1.807, 2.05) is 0 Å². The molecule has 8 heteroatoms. The Kier molecular flexibility index (Phi) is 5.34. The van der Waals surface area contributed by atoms with Crippen molar-refractivity contribution in [3.63, 3.8) is 0 Å². The maximum Gasteiger partial charge on any atom is 0.322 e. The average molecular weight is 380 g/mol. The molecule has 1 aromatic rings. The van der Waals surface area contributed by atoms with Crippen molar-refractivity contribution in [3.8, 4) is 0 Å². The van der Waals surface area contributed by atoms with Gasteiger partial charge in [0.1, 0.15) is 6.04 Å². The van der Waals surface area contributed by atoms with Gasteiger partial charge in [-0.05, 0) is 42.9 Å². The molecule has 0 radical (unpaired) electrons. The molecule has 26 heavy (non-hydrogen) atoms. The van der Waals surface area contributed by atoms with Crippen LogP contribution in [0.1, 0.15) is 48.0 Å². The third-order valence-electron chi connectivity index (χ3n) is 5.43. The smallest absolute Gasteiger partial charge is 0.322 e. The Hall–Kier alpha value is -1.93. The Morgan fingerprint density at radius 3 is 2.46 bits per heavy atom. The SMILES string of the molecule is CNC(=O)c1ccc(CS(=O)(=O)N2C(C(=O)O)CC3CCCCC32)cc1. The van der Waals surface area contributed by atoms with Crippen LogP contribution in [0.25, 0.3) is 0 Å². The summed E-state index contributed by atoms with van der Waals surface area (Å²) in [6.07, 6.45) is 3.97. The molecule has 3 unspecified atom stereocenters. The van der Waals surface area contributed by atoms with E-state index in [-0.39, 0.29) is 23.6 Å². The summed E-state index contributed by atoms with van der Waals surface area (Å²) in [6.45, 7) is 0. The summed E-state index contributed by atoms with van der Waals surface area (Å²) >= 11 is 0. The molecule has 1 aromatic carbocycles. The van der Waals surface area contributed by atoms with Gasteiger partial charge in [0.05, 0.1) is 5.75 Å². The summed E-state index contributed by atoms with van der Waals surface area (Å²) in [5.74, 6) is -1.43. The molecule has 1 amide bonds. The van der Waals surface area contributed by atoms with Gasteiger partial charge in [-0.3, -0.25) is 9.59 Å². The molecule has 0 bridgehead atoms. The fourth-order valence-corrected chi connectivity index (χ4v) is 6.23. The van der Waals surface area contributed by atoms with Crippen LogP contribution < -0.4 is 5.32 Å². The predicted molar refractivity (Wildman–Crippen MR) is 96.1 cm³/mol. The molecule has 1 aliphatic heterocycles. The number of fused-ring (bicyclic) bond motifs is 1. The lowest BCUT2D eigenvalue weighted by atomic mass is 9.85. The van der Waals surface area contributed by atoms with Gasteiger partial charge in [-0.15, -0.1) is 0 Å². The molecule has 7 nitrogen and oxygen atoms in total. The molecule has 0 spiro atoms. The van der Waals surface area contributed by atoms with E-state index in [0.29, 0.717) is 17.5 Å². The van der Waals surface area contributed by atoms with Crippen LogP contribution in [0.5, 0.6) is 0 Å². The molecular weight excluding hydrogens is 356 g/mol. The molecule has 1 heterocycles. The van der Waals surface area contributed by atoms with Gasteiger partial charge in [-0.2, -0.15) is 4.31 Å². The third kappa shape index (κ3) is 3.61. The quantitative estimate of drug-likeness (QED) is 0.807. The van der Waals surface area contributed by atoms with E-state index >= 15 is 0 Å². The number of hydrogen-bond acceptors (Lipinski definition) is 4. The summed E-state index contributed by atoms with van der Waals surface area (Å²) in [5.41, 5.74) is 0.992. The van der Waals surface area contributed by atoms with Crippen molar-refractivity contribution in [2.24, 2.45) is 5.92 Å². The number of carbonyl (C=O) groups is 2. The first kappa shape index (κ1) is 18.8. The Bertz CT molecular complexity index is 790. The van der Waals surface area contributed by atoms with Crippen molar-refractivity contribution >= 4 is 21.9 Å². The van der Waals surface area contributed by atoms with Crippen LogP contribution in [0.4, 0.5) is 0 Å². The second-order valence-electron chi connectivity index (χ2n) is 7.06. The zero-order valence-corrected chi connectivity index (χ0v) is 15.5. The van der Waals surface area contributed by atoms with Crippen LogP contribution in [0.15, 0.2) is 24.3 Å². The molecule has 142 valence electrons. The van der Waals surface area contributed by atoms with Crippen LogP contribution in [0.3, 0.4) is 0 Å². The molecule has 1 saturated carbocycles. The van der Waals surface area contributed by atoms with Gasteiger partial charge in [0.15, 0.2) is 0 Å². The summed E-state index contributed by atoms with van der Waals surface area (Å²) in [6, 6.07) is 5.18. The van der Waals surface area contributed by atoms with Crippen molar-refractivity contribution in [1.29, 1.82) is 0 Å². The van der Waals surface area contributed by atoms with Crippen molar-refractivity contribution in [2.75, 3.05) is 7.05 Å². The molecule has 2 aliphatic rings. The Morgan fingerprint density at radius 1 is 1.19 bits per heavy atom. The minimum atomic E-state index is -3.76. The topological polar surface area (TPSA) is 104 Å². The number of rotatable bonds is 5. The maximum absolute atomic E-state index is 13.0. The lowest BCUT2D eigenvalue weighted by Crippen LogP contribution is -2.46. The van der Waals surface area contributed by atoms with Gasteiger partial charge >= 0.3 is 5.97 Å². The van der Waals surface area contributed by atoms with Gasteiger partial charge in [-0.25, -0.2) is 8.42 Å². The van der Waals surface area contributed by atoms with Gasteiger partial charge in [0.2, 0.25) is 10.0 Å².